The second-order valence-corrected chi connectivity index (χ2v) is 9.96. The van der Waals surface area contributed by atoms with E-state index < -0.39 is 5.54 Å². The highest BCUT2D eigenvalue weighted by molar-refractivity contribution is 6.11. The number of pyridine rings is 1. The Morgan fingerprint density at radius 3 is 2.82 bits per heavy atom. The van der Waals surface area contributed by atoms with Crippen molar-refractivity contribution >= 4 is 33.1 Å². The summed E-state index contributed by atoms with van der Waals surface area (Å²) in [7, 11) is 5.68. The van der Waals surface area contributed by atoms with Gasteiger partial charge in [-0.05, 0) is 86.8 Å². The molecule has 1 saturated heterocycles. The topological polar surface area (TPSA) is 74.7 Å². The molecule has 2 aromatic carbocycles. The number of aromatic nitrogens is 1. The van der Waals surface area contributed by atoms with E-state index in [0.29, 0.717) is 16.9 Å². The van der Waals surface area contributed by atoms with E-state index in [1.54, 1.807) is 24.4 Å². The van der Waals surface area contributed by atoms with E-state index in [4.69, 9.17) is 4.74 Å². The van der Waals surface area contributed by atoms with Gasteiger partial charge in [0, 0.05) is 23.2 Å². The van der Waals surface area contributed by atoms with Crippen molar-refractivity contribution in [3.63, 3.8) is 0 Å². The summed E-state index contributed by atoms with van der Waals surface area (Å²) in [6.07, 6.45) is 6.29. The van der Waals surface area contributed by atoms with Gasteiger partial charge in [-0.3, -0.25) is 9.78 Å². The van der Waals surface area contributed by atoms with Crippen molar-refractivity contribution in [1.29, 1.82) is 0 Å². The summed E-state index contributed by atoms with van der Waals surface area (Å²) in [6, 6.07) is 11.5. The van der Waals surface area contributed by atoms with E-state index in [2.05, 4.69) is 38.1 Å². The van der Waals surface area contributed by atoms with Gasteiger partial charge in [-0.2, -0.15) is 0 Å². The maximum Gasteiger partial charge on any atom is 0.252 e. The lowest BCUT2D eigenvalue weighted by molar-refractivity contribution is 0.0550. The standard InChI is InChI=1S/C27H28N3O3Si/c1-4-17-13-20(18-6-5-10-28-21(18)14-17)27(8-9-27)29-25(32)19-15-24(23(31)12-16(19)2)33-26(34)22-7-11-30(22)3/h4-6,10,12-15,22,26,31H,1,7-9,11H2,2-3H3,(H,29,32)/t22-,26-/m0/s1. The minimum atomic E-state index is -0.449. The molecule has 3 aromatic rings. The number of nitrogens with zero attached hydrogens (tertiary/aromatic N) is 2. The summed E-state index contributed by atoms with van der Waals surface area (Å²) in [5, 5.41) is 14.8. The maximum atomic E-state index is 13.5. The van der Waals surface area contributed by atoms with Crippen molar-refractivity contribution in [3.8, 4) is 11.5 Å². The Labute approximate surface area is 203 Å². The predicted molar refractivity (Wildman–Crippen MR) is 134 cm³/mol. The van der Waals surface area contributed by atoms with E-state index in [1.807, 2.05) is 32.2 Å². The van der Waals surface area contributed by atoms with Crippen molar-refractivity contribution < 1.29 is 14.6 Å². The van der Waals surface area contributed by atoms with Crippen LogP contribution in [-0.4, -0.2) is 56.5 Å². The number of hydrogen-bond donors (Lipinski definition) is 2. The summed E-state index contributed by atoms with van der Waals surface area (Å²) < 4.78 is 6.01. The molecular weight excluding hydrogens is 442 g/mol. The predicted octanol–water partition coefficient (Wildman–Crippen LogP) is 3.89. The summed E-state index contributed by atoms with van der Waals surface area (Å²) in [6.45, 7) is 6.75. The number of rotatable bonds is 7. The lowest BCUT2D eigenvalue weighted by atomic mass is 9.95. The molecule has 1 aliphatic carbocycles. The summed E-state index contributed by atoms with van der Waals surface area (Å²) in [5.41, 5.74) is 3.37. The lowest BCUT2D eigenvalue weighted by Crippen LogP contribution is -2.53. The van der Waals surface area contributed by atoms with Gasteiger partial charge in [-0.1, -0.05) is 18.7 Å². The van der Waals surface area contributed by atoms with Crippen LogP contribution in [0.5, 0.6) is 11.5 Å². The molecule has 173 valence electrons. The first-order valence-electron chi connectivity index (χ1n) is 11.6. The highest BCUT2D eigenvalue weighted by atomic mass is 28.1. The second-order valence-electron chi connectivity index (χ2n) is 9.39. The Morgan fingerprint density at radius 1 is 1.38 bits per heavy atom. The molecule has 2 atom stereocenters. The average Bonchev–Trinajstić information content (AvgIpc) is 3.59. The van der Waals surface area contributed by atoms with Crippen LogP contribution in [0.2, 0.25) is 0 Å². The van der Waals surface area contributed by atoms with Crippen LogP contribution in [-0.2, 0) is 5.54 Å². The molecule has 0 unspecified atom stereocenters. The molecule has 1 aliphatic heterocycles. The SMILES string of the molecule is C=Cc1cc(C2(NC(=O)c3cc(O[C@@H]([Si])[C@@H]4CCN4C)c(O)cc3C)CC2)c2cccnc2c1. The number of nitrogens with one attached hydrogen (secondary N) is 1. The van der Waals surface area contributed by atoms with Crippen molar-refractivity contribution in [2.75, 3.05) is 13.6 Å². The van der Waals surface area contributed by atoms with E-state index >= 15 is 0 Å². The van der Waals surface area contributed by atoms with E-state index in [1.165, 1.54) is 0 Å². The molecule has 2 fully saturated rings. The van der Waals surface area contributed by atoms with Gasteiger partial charge in [0.2, 0.25) is 0 Å². The fourth-order valence-electron chi connectivity index (χ4n) is 4.74. The molecule has 5 rings (SSSR count). The first-order chi connectivity index (χ1) is 16.3. The van der Waals surface area contributed by atoms with Gasteiger partial charge in [-0.15, -0.1) is 0 Å². The fraction of sp³-hybridized carbons (Fsp3) is 0.333. The quantitative estimate of drug-likeness (QED) is 0.513. The summed E-state index contributed by atoms with van der Waals surface area (Å²) in [5.74, 6) is 0.132. The second kappa shape index (κ2) is 8.56. The molecule has 34 heavy (non-hydrogen) atoms. The number of benzene rings is 2. The van der Waals surface area contributed by atoms with Crippen molar-refractivity contribution in [1.82, 2.24) is 15.2 Å². The Kier molecular flexibility index (Phi) is 5.70. The van der Waals surface area contributed by atoms with Gasteiger partial charge < -0.3 is 20.1 Å². The smallest absolute Gasteiger partial charge is 0.252 e. The third kappa shape index (κ3) is 3.99. The van der Waals surface area contributed by atoms with E-state index in [-0.39, 0.29) is 23.4 Å². The molecule has 1 aromatic heterocycles. The number of likely N-dealkylation sites (tertiary alicyclic amines) is 1. The zero-order valence-corrected chi connectivity index (χ0v) is 20.5. The van der Waals surface area contributed by atoms with Gasteiger partial charge in [-0.25, -0.2) is 0 Å². The molecule has 2 N–H and O–H groups in total. The van der Waals surface area contributed by atoms with Crippen LogP contribution in [0.1, 0.15) is 46.3 Å². The number of hydrogen-bond acceptors (Lipinski definition) is 5. The minimum Gasteiger partial charge on any atom is -0.504 e. The van der Waals surface area contributed by atoms with Gasteiger partial charge in [0.05, 0.1) is 27.0 Å². The molecule has 0 spiro atoms. The van der Waals surface area contributed by atoms with Gasteiger partial charge >= 0.3 is 0 Å². The zero-order chi connectivity index (χ0) is 24.0. The molecule has 7 heteroatoms. The number of carbonyl (C=O) groups is 1. The Hall–Kier alpha value is -3.16. The van der Waals surface area contributed by atoms with Crippen molar-refractivity contribution in [3.05, 3.63) is 71.4 Å². The molecule has 1 amide bonds. The molecule has 2 aliphatic rings. The molecule has 6 nitrogen and oxygen atoms in total. The maximum absolute atomic E-state index is 13.5. The summed E-state index contributed by atoms with van der Waals surface area (Å²) in [4.78, 5) is 20.2. The number of carbonyl (C=O) groups excluding carboxylic acids is 1. The zero-order valence-electron chi connectivity index (χ0n) is 19.5. The third-order valence-electron chi connectivity index (χ3n) is 7.09. The summed E-state index contributed by atoms with van der Waals surface area (Å²) >= 11 is 0. The minimum absolute atomic E-state index is 0.0242. The number of aromatic hydroxyl groups is 1. The first kappa shape index (κ1) is 22.6. The lowest BCUT2D eigenvalue weighted by Gasteiger charge is -2.41. The molecular formula is C27H28N3O3Si. The van der Waals surface area contributed by atoms with Crippen LogP contribution in [0.25, 0.3) is 17.0 Å². The van der Waals surface area contributed by atoms with E-state index in [9.17, 15) is 9.90 Å². The number of amides is 1. The Balaban J connectivity index is 1.44. The van der Waals surface area contributed by atoms with Crippen molar-refractivity contribution in [2.45, 2.75) is 43.5 Å². The Bertz CT molecular complexity index is 1290. The highest BCUT2D eigenvalue weighted by Crippen LogP contribution is 2.48. The van der Waals surface area contributed by atoms with Crippen LogP contribution in [0.15, 0.2) is 49.2 Å². The van der Waals surface area contributed by atoms with Gasteiger partial charge in [0.1, 0.15) is 0 Å². The number of likely N-dealkylation sites (N-methyl/N-ethyl adjacent to an activating group) is 1. The van der Waals surface area contributed by atoms with Crippen molar-refractivity contribution in [2.24, 2.45) is 0 Å². The fourth-order valence-corrected chi connectivity index (χ4v) is 5.28. The third-order valence-corrected chi connectivity index (χ3v) is 7.60. The first-order valence-corrected chi connectivity index (χ1v) is 12.1. The van der Waals surface area contributed by atoms with Crippen LogP contribution in [0.3, 0.4) is 0 Å². The van der Waals surface area contributed by atoms with Gasteiger partial charge in [0.15, 0.2) is 11.5 Å². The monoisotopic (exact) mass is 470 g/mol. The van der Waals surface area contributed by atoms with Gasteiger partial charge in [0.25, 0.3) is 5.91 Å². The molecule has 1 saturated carbocycles. The average molecular weight is 471 g/mol. The molecule has 3 radical (unpaired) electrons. The van der Waals surface area contributed by atoms with Crippen LogP contribution in [0.4, 0.5) is 0 Å². The van der Waals surface area contributed by atoms with E-state index in [0.717, 1.165) is 47.8 Å². The molecule has 0 bridgehead atoms. The number of phenolic OH excluding ortho intramolecular Hbond substituents is 1. The number of aryl methyl sites for hydroxylation is 1. The number of phenols is 1. The number of ether oxygens (including phenoxy) is 1. The van der Waals surface area contributed by atoms with Crippen LogP contribution in [0, 0.1) is 6.92 Å². The molecule has 2 heterocycles. The number of fused-ring (bicyclic) bond motifs is 1. The normalized spacial score (nSPS) is 19.8. The Morgan fingerprint density at radius 2 is 2.18 bits per heavy atom. The largest absolute Gasteiger partial charge is 0.504 e. The van der Waals surface area contributed by atoms with Crippen LogP contribution < -0.4 is 10.1 Å². The van der Waals surface area contributed by atoms with Crippen LogP contribution >= 0.6 is 0 Å². The highest BCUT2D eigenvalue weighted by Gasteiger charge is 2.47.